The molecule has 0 saturated carbocycles. The van der Waals surface area contributed by atoms with Crippen molar-refractivity contribution < 1.29 is 19.0 Å². The molecule has 0 spiro atoms. The number of methoxy groups -OCH3 is 3. The summed E-state index contributed by atoms with van der Waals surface area (Å²) in [5.74, 6) is 0.753. The van der Waals surface area contributed by atoms with Gasteiger partial charge in [0.2, 0.25) is 0 Å². The molecule has 0 aliphatic carbocycles. The summed E-state index contributed by atoms with van der Waals surface area (Å²) in [6.07, 6.45) is 1.77. The Hall–Kier alpha value is -3.17. The lowest BCUT2D eigenvalue weighted by Gasteiger charge is -2.22. The summed E-state index contributed by atoms with van der Waals surface area (Å²) < 4.78 is 17.8. The average Bonchev–Trinajstić information content (AvgIpc) is 3.41. The lowest BCUT2D eigenvalue weighted by molar-refractivity contribution is -0.136. The highest BCUT2D eigenvalue weighted by atomic mass is 32.1. The first-order valence-corrected chi connectivity index (χ1v) is 11.0. The highest BCUT2D eigenvalue weighted by Crippen LogP contribution is 2.33. The van der Waals surface area contributed by atoms with Crippen LogP contribution in [0.1, 0.15) is 23.4 Å². The number of hydrogen-bond donors (Lipinski definition) is 0. The number of aromatic nitrogens is 1. The summed E-state index contributed by atoms with van der Waals surface area (Å²) >= 11 is 2.75. The second-order valence-electron chi connectivity index (χ2n) is 6.70. The maximum Gasteiger partial charge on any atom is 0.338 e. The van der Waals surface area contributed by atoms with Crippen molar-refractivity contribution in [2.45, 2.75) is 13.0 Å². The number of benzene rings is 1. The van der Waals surface area contributed by atoms with Crippen LogP contribution in [0.4, 0.5) is 0 Å². The molecule has 160 valence electrons. The topological polar surface area (TPSA) is 79.1 Å². The van der Waals surface area contributed by atoms with Crippen molar-refractivity contribution in [1.29, 1.82) is 0 Å². The molecule has 3 aromatic rings. The molecule has 7 nitrogen and oxygen atoms in total. The Morgan fingerprint density at radius 1 is 1.19 bits per heavy atom. The molecular formula is C22H20N2O5S2. The van der Waals surface area contributed by atoms with Gasteiger partial charge in [-0.05, 0) is 36.6 Å². The number of ether oxygens (including phenoxy) is 3. The van der Waals surface area contributed by atoms with E-state index in [4.69, 9.17) is 14.2 Å². The summed E-state index contributed by atoms with van der Waals surface area (Å²) in [4.78, 5) is 32.0. The Morgan fingerprint density at radius 2 is 2.00 bits per heavy atom. The summed E-state index contributed by atoms with van der Waals surface area (Å²) in [7, 11) is 4.48. The Morgan fingerprint density at radius 3 is 2.65 bits per heavy atom. The van der Waals surface area contributed by atoms with Crippen molar-refractivity contribution >= 4 is 34.7 Å². The fourth-order valence-electron chi connectivity index (χ4n) is 3.49. The van der Waals surface area contributed by atoms with Gasteiger partial charge in [-0.3, -0.25) is 9.36 Å². The fourth-order valence-corrected chi connectivity index (χ4v) is 5.35. The van der Waals surface area contributed by atoms with E-state index in [1.807, 2.05) is 23.6 Å². The molecule has 1 aliphatic heterocycles. The van der Waals surface area contributed by atoms with Crippen LogP contribution in [0.5, 0.6) is 11.5 Å². The number of nitrogens with zero attached hydrogens (tertiary/aromatic N) is 2. The molecule has 3 heterocycles. The molecule has 1 aliphatic rings. The van der Waals surface area contributed by atoms with Gasteiger partial charge >= 0.3 is 5.97 Å². The highest BCUT2D eigenvalue weighted by Gasteiger charge is 2.33. The monoisotopic (exact) mass is 456 g/mol. The molecule has 4 rings (SSSR count). The smallest absolute Gasteiger partial charge is 0.338 e. The quantitative estimate of drug-likeness (QED) is 0.551. The first-order valence-electron chi connectivity index (χ1n) is 9.34. The van der Waals surface area contributed by atoms with E-state index in [9.17, 15) is 9.59 Å². The summed E-state index contributed by atoms with van der Waals surface area (Å²) in [5, 5.41) is 1.91. The van der Waals surface area contributed by atoms with Crippen LogP contribution in [0.25, 0.3) is 6.08 Å². The number of carbonyl (C=O) groups excluding carboxylic acids is 1. The number of fused-ring (bicyclic) bond motifs is 1. The Labute approximate surface area is 186 Å². The van der Waals surface area contributed by atoms with E-state index in [0.717, 1.165) is 10.4 Å². The van der Waals surface area contributed by atoms with Gasteiger partial charge in [-0.2, -0.15) is 0 Å². The van der Waals surface area contributed by atoms with Gasteiger partial charge in [0.05, 0.1) is 37.1 Å². The minimum atomic E-state index is -0.580. The molecule has 31 heavy (non-hydrogen) atoms. The second kappa shape index (κ2) is 8.52. The first-order chi connectivity index (χ1) is 15.0. The minimum Gasteiger partial charge on any atom is -0.497 e. The van der Waals surface area contributed by atoms with Crippen molar-refractivity contribution in [3.63, 3.8) is 0 Å². The van der Waals surface area contributed by atoms with Crippen LogP contribution in [0.15, 0.2) is 56.8 Å². The van der Waals surface area contributed by atoms with Crippen molar-refractivity contribution in [3.8, 4) is 11.5 Å². The second-order valence-corrected chi connectivity index (χ2v) is 8.69. The third kappa shape index (κ3) is 3.70. The number of rotatable bonds is 5. The van der Waals surface area contributed by atoms with Crippen molar-refractivity contribution in [2.75, 3.05) is 21.3 Å². The largest absolute Gasteiger partial charge is 0.497 e. The van der Waals surface area contributed by atoms with Crippen molar-refractivity contribution in [1.82, 2.24) is 4.57 Å². The van der Waals surface area contributed by atoms with E-state index < -0.39 is 12.0 Å². The van der Waals surface area contributed by atoms with Gasteiger partial charge in [-0.15, -0.1) is 11.3 Å². The van der Waals surface area contributed by atoms with Gasteiger partial charge in [0, 0.05) is 16.5 Å². The molecule has 9 heteroatoms. The van der Waals surface area contributed by atoms with Crippen LogP contribution >= 0.6 is 22.7 Å². The van der Waals surface area contributed by atoms with Crippen LogP contribution < -0.4 is 24.4 Å². The summed E-state index contributed by atoms with van der Waals surface area (Å²) in [6.45, 7) is 1.76. The van der Waals surface area contributed by atoms with Crippen molar-refractivity contribution in [2.24, 2.45) is 4.99 Å². The van der Waals surface area contributed by atoms with Crippen LogP contribution in [0.2, 0.25) is 0 Å². The first kappa shape index (κ1) is 21.1. The van der Waals surface area contributed by atoms with E-state index >= 15 is 0 Å². The number of hydrogen-bond acceptors (Lipinski definition) is 8. The summed E-state index contributed by atoms with van der Waals surface area (Å²) in [6, 6.07) is 8.61. The molecule has 0 fully saturated rings. The average molecular weight is 457 g/mol. The zero-order chi connectivity index (χ0) is 22.1. The standard InChI is InChI=1S/C22H20N2O5S2/c1-12-18(21(26)29-4)19(16-6-5-9-30-16)24-20(25)17(31-22(24)23-12)10-13-7-8-14(27-2)11-15(13)28-3/h5-11,19H,1-4H3/t19-/m0/s1. The van der Waals surface area contributed by atoms with Gasteiger partial charge in [0.15, 0.2) is 4.80 Å². The fraction of sp³-hybridized carbons (Fsp3) is 0.227. The third-order valence-electron chi connectivity index (χ3n) is 4.97. The van der Waals surface area contributed by atoms with Crippen LogP contribution in [0, 0.1) is 0 Å². The SMILES string of the molecule is COC(=O)C1=C(C)N=c2sc(=Cc3ccc(OC)cc3OC)c(=O)n2[C@H]1c1cccs1. The number of thiophene rings is 1. The van der Waals surface area contributed by atoms with E-state index in [1.54, 1.807) is 43.9 Å². The molecule has 0 unspecified atom stereocenters. The van der Waals surface area contributed by atoms with E-state index in [0.29, 0.717) is 32.1 Å². The van der Waals surface area contributed by atoms with E-state index in [1.165, 1.54) is 29.8 Å². The van der Waals surface area contributed by atoms with Gasteiger partial charge in [0.25, 0.3) is 5.56 Å². The van der Waals surface area contributed by atoms with Crippen LogP contribution in [0.3, 0.4) is 0 Å². The zero-order valence-corrected chi connectivity index (χ0v) is 19.0. The number of carbonyl (C=O) groups is 1. The van der Waals surface area contributed by atoms with Gasteiger partial charge in [0.1, 0.15) is 17.5 Å². The minimum absolute atomic E-state index is 0.228. The third-order valence-corrected chi connectivity index (χ3v) is 6.87. The molecule has 0 saturated heterocycles. The maximum absolute atomic E-state index is 13.5. The van der Waals surface area contributed by atoms with Gasteiger partial charge in [-0.1, -0.05) is 17.4 Å². The van der Waals surface area contributed by atoms with Gasteiger partial charge < -0.3 is 14.2 Å². The maximum atomic E-state index is 13.5. The van der Waals surface area contributed by atoms with Gasteiger partial charge in [-0.25, -0.2) is 9.79 Å². The van der Waals surface area contributed by atoms with Crippen LogP contribution in [-0.2, 0) is 9.53 Å². The molecule has 1 aromatic carbocycles. The Kier molecular flexibility index (Phi) is 5.79. The molecular weight excluding hydrogens is 436 g/mol. The highest BCUT2D eigenvalue weighted by molar-refractivity contribution is 7.10. The Bertz CT molecular complexity index is 1350. The lowest BCUT2D eigenvalue weighted by atomic mass is 10.0. The Balaban J connectivity index is 1.94. The normalized spacial score (nSPS) is 16.0. The molecule has 0 radical (unpaired) electrons. The lowest BCUT2D eigenvalue weighted by Crippen LogP contribution is -2.39. The number of esters is 1. The van der Waals surface area contributed by atoms with E-state index in [-0.39, 0.29) is 5.56 Å². The molecule has 1 atom stereocenters. The van der Waals surface area contributed by atoms with E-state index in [2.05, 4.69) is 4.99 Å². The van der Waals surface area contributed by atoms with Crippen molar-refractivity contribution in [3.05, 3.63) is 77.1 Å². The van der Waals surface area contributed by atoms with Crippen LogP contribution in [-0.4, -0.2) is 31.9 Å². The molecule has 0 bridgehead atoms. The summed E-state index contributed by atoms with van der Waals surface area (Å²) in [5.41, 5.74) is 1.42. The molecule has 0 N–H and O–H groups in total. The molecule has 2 aromatic heterocycles. The number of thiazole rings is 1. The molecule has 0 amide bonds. The number of allylic oxidation sites excluding steroid dienone is 1. The predicted octanol–water partition coefficient (Wildman–Crippen LogP) is 2.49. The predicted molar refractivity (Wildman–Crippen MR) is 120 cm³/mol. The zero-order valence-electron chi connectivity index (χ0n) is 17.4.